The molecule has 30 heavy (non-hydrogen) atoms. The number of nitrogens with one attached hydrogen (secondary N) is 2. The lowest BCUT2D eigenvalue weighted by Gasteiger charge is -2.22. The van der Waals surface area contributed by atoms with E-state index >= 15 is 0 Å². The highest BCUT2D eigenvalue weighted by Crippen LogP contribution is 2.17. The van der Waals surface area contributed by atoms with Crippen LogP contribution in [0.25, 0.3) is 10.8 Å². The zero-order valence-electron chi connectivity index (χ0n) is 16.8. The number of hydrogen-bond acceptors (Lipinski definition) is 3. The van der Waals surface area contributed by atoms with E-state index in [9.17, 15) is 14.4 Å². The summed E-state index contributed by atoms with van der Waals surface area (Å²) in [6, 6.07) is 21.5. The van der Waals surface area contributed by atoms with E-state index in [1.54, 1.807) is 0 Å². The van der Waals surface area contributed by atoms with E-state index in [0.29, 0.717) is 6.42 Å². The lowest BCUT2D eigenvalue weighted by Crippen LogP contribution is -2.54. The quantitative estimate of drug-likeness (QED) is 0.537. The number of amides is 3. The van der Waals surface area contributed by atoms with Crippen molar-refractivity contribution in [3.05, 3.63) is 83.9 Å². The maximum atomic E-state index is 12.9. The molecule has 4 N–H and O–H groups in total. The van der Waals surface area contributed by atoms with Crippen LogP contribution in [0.4, 0.5) is 0 Å². The van der Waals surface area contributed by atoms with Gasteiger partial charge >= 0.3 is 0 Å². The zero-order valence-corrected chi connectivity index (χ0v) is 16.8. The number of hydrogen-bond donors (Lipinski definition) is 3. The molecule has 2 atom stereocenters. The van der Waals surface area contributed by atoms with Gasteiger partial charge in [0.1, 0.15) is 12.1 Å². The van der Waals surface area contributed by atoms with Crippen LogP contribution in [0.1, 0.15) is 18.1 Å². The molecule has 3 aromatic rings. The van der Waals surface area contributed by atoms with Gasteiger partial charge in [0.25, 0.3) is 0 Å². The Bertz CT molecular complexity index is 1050. The van der Waals surface area contributed by atoms with Crippen LogP contribution in [0.3, 0.4) is 0 Å². The topological polar surface area (TPSA) is 101 Å². The number of primary amides is 1. The molecule has 3 aromatic carbocycles. The number of benzene rings is 3. The van der Waals surface area contributed by atoms with E-state index in [0.717, 1.165) is 21.9 Å². The monoisotopic (exact) mass is 403 g/mol. The summed E-state index contributed by atoms with van der Waals surface area (Å²) in [6.45, 7) is 1.35. The first kappa shape index (κ1) is 21.0. The Morgan fingerprint density at radius 2 is 1.40 bits per heavy atom. The molecule has 0 saturated carbocycles. The fraction of sp³-hybridized carbons (Fsp3) is 0.208. The second-order valence-electron chi connectivity index (χ2n) is 7.29. The van der Waals surface area contributed by atoms with Crippen molar-refractivity contribution in [1.82, 2.24) is 10.6 Å². The van der Waals surface area contributed by atoms with Gasteiger partial charge in [0.2, 0.25) is 17.7 Å². The maximum Gasteiger partial charge on any atom is 0.243 e. The molecule has 0 fully saturated rings. The first-order chi connectivity index (χ1) is 14.4. The maximum absolute atomic E-state index is 12.9. The summed E-state index contributed by atoms with van der Waals surface area (Å²) in [6.07, 6.45) is 0.581. The molecule has 0 radical (unpaired) electrons. The van der Waals surface area contributed by atoms with Gasteiger partial charge in [0, 0.05) is 19.8 Å². The Hall–Kier alpha value is -3.67. The predicted molar refractivity (Wildman–Crippen MR) is 117 cm³/mol. The molecule has 154 valence electrons. The highest BCUT2D eigenvalue weighted by atomic mass is 16.2. The molecule has 3 amide bonds. The average Bonchev–Trinajstić information content (AvgIpc) is 2.73. The van der Waals surface area contributed by atoms with E-state index in [-0.39, 0.29) is 12.3 Å². The van der Waals surface area contributed by atoms with Crippen molar-refractivity contribution in [2.24, 2.45) is 5.73 Å². The van der Waals surface area contributed by atoms with E-state index in [1.165, 1.54) is 6.92 Å². The van der Waals surface area contributed by atoms with Crippen molar-refractivity contribution in [1.29, 1.82) is 0 Å². The van der Waals surface area contributed by atoms with Crippen LogP contribution in [0.5, 0.6) is 0 Å². The second kappa shape index (κ2) is 9.69. The van der Waals surface area contributed by atoms with E-state index in [4.69, 9.17) is 5.73 Å². The van der Waals surface area contributed by atoms with Crippen molar-refractivity contribution < 1.29 is 14.4 Å². The summed E-state index contributed by atoms with van der Waals surface area (Å²) in [5.74, 6) is -1.40. The lowest BCUT2D eigenvalue weighted by atomic mass is 10.00. The van der Waals surface area contributed by atoms with Gasteiger partial charge in [-0.15, -0.1) is 0 Å². The van der Waals surface area contributed by atoms with Gasteiger partial charge in [0.05, 0.1) is 0 Å². The van der Waals surface area contributed by atoms with Crippen molar-refractivity contribution in [2.45, 2.75) is 31.8 Å². The summed E-state index contributed by atoms with van der Waals surface area (Å²) in [7, 11) is 0. The molecule has 0 saturated heterocycles. The van der Waals surface area contributed by atoms with Crippen LogP contribution in [0.15, 0.2) is 72.8 Å². The molecular weight excluding hydrogens is 378 g/mol. The molecule has 0 aliphatic rings. The lowest BCUT2D eigenvalue weighted by molar-refractivity contribution is -0.130. The normalized spacial score (nSPS) is 12.7. The SMILES string of the molecule is CC(=O)N[C@@H](Cc1ccccc1)C(=O)N[C@H](Cc1ccc2ccccc2c1)C(N)=O. The minimum absolute atomic E-state index is 0.268. The number of nitrogens with two attached hydrogens (primary N) is 1. The van der Waals surface area contributed by atoms with Crippen LogP contribution < -0.4 is 16.4 Å². The third-order valence-electron chi connectivity index (χ3n) is 4.89. The summed E-state index contributed by atoms with van der Waals surface area (Å²) < 4.78 is 0. The summed E-state index contributed by atoms with van der Waals surface area (Å²) in [5, 5.41) is 7.51. The van der Waals surface area contributed by atoms with Crippen molar-refractivity contribution in [3.8, 4) is 0 Å². The third-order valence-corrected chi connectivity index (χ3v) is 4.89. The highest BCUT2D eigenvalue weighted by Gasteiger charge is 2.25. The average molecular weight is 403 g/mol. The van der Waals surface area contributed by atoms with Gasteiger partial charge in [-0.05, 0) is 21.9 Å². The molecule has 0 unspecified atom stereocenters. The first-order valence-electron chi connectivity index (χ1n) is 9.81. The van der Waals surface area contributed by atoms with Crippen LogP contribution in [-0.4, -0.2) is 29.8 Å². The highest BCUT2D eigenvalue weighted by molar-refractivity contribution is 5.91. The molecule has 6 heteroatoms. The molecule has 0 aliphatic carbocycles. The van der Waals surface area contributed by atoms with Crippen LogP contribution in [0, 0.1) is 0 Å². The third kappa shape index (κ3) is 5.67. The minimum atomic E-state index is -0.884. The van der Waals surface area contributed by atoms with Crippen LogP contribution in [-0.2, 0) is 27.2 Å². The fourth-order valence-corrected chi connectivity index (χ4v) is 3.40. The fourth-order valence-electron chi connectivity index (χ4n) is 3.40. The molecule has 3 rings (SSSR count). The number of carbonyl (C=O) groups excluding carboxylic acids is 3. The smallest absolute Gasteiger partial charge is 0.243 e. The summed E-state index contributed by atoms with van der Waals surface area (Å²) >= 11 is 0. The number of carbonyl (C=O) groups is 3. The summed E-state index contributed by atoms with van der Waals surface area (Å²) in [5.41, 5.74) is 7.34. The predicted octanol–water partition coefficient (Wildman–Crippen LogP) is 2.10. The molecule has 0 heterocycles. The van der Waals surface area contributed by atoms with E-state index < -0.39 is 23.9 Å². The minimum Gasteiger partial charge on any atom is -0.368 e. The van der Waals surface area contributed by atoms with Crippen LogP contribution in [0.2, 0.25) is 0 Å². The molecular formula is C24H25N3O3. The Morgan fingerprint density at radius 3 is 2.07 bits per heavy atom. The second-order valence-corrected chi connectivity index (χ2v) is 7.29. The first-order valence-corrected chi connectivity index (χ1v) is 9.81. The standard InChI is InChI=1S/C24H25N3O3/c1-16(28)26-22(14-17-7-3-2-4-8-17)24(30)27-21(23(25)29)15-18-11-12-19-9-5-6-10-20(19)13-18/h2-13,21-22H,14-15H2,1H3,(H2,25,29)(H,26,28)(H,27,30)/t21-,22+/m1/s1. The Kier molecular flexibility index (Phi) is 6.80. The van der Waals surface area contributed by atoms with Crippen molar-refractivity contribution >= 4 is 28.5 Å². The van der Waals surface area contributed by atoms with Gasteiger partial charge < -0.3 is 16.4 Å². The molecule has 0 aromatic heterocycles. The van der Waals surface area contributed by atoms with Crippen molar-refractivity contribution in [2.75, 3.05) is 0 Å². The van der Waals surface area contributed by atoms with Crippen molar-refractivity contribution in [3.63, 3.8) is 0 Å². The van der Waals surface area contributed by atoms with Gasteiger partial charge in [0.15, 0.2) is 0 Å². The molecule has 0 bridgehead atoms. The zero-order chi connectivity index (χ0) is 21.5. The van der Waals surface area contributed by atoms with Gasteiger partial charge in [-0.2, -0.15) is 0 Å². The number of fused-ring (bicyclic) bond motifs is 1. The molecule has 6 nitrogen and oxygen atoms in total. The van der Waals surface area contributed by atoms with E-state index in [2.05, 4.69) is 10.6 Å². The Morgan fingerprint density at radius 1 is 0.767 bits per heavy atom. The van der Waals surface area contributed by atoms with E-state index in [1.807, 2.05) is 72.8 Å². The summed E-state index contributed by atoms with van der Waals surface area (Å²) in [4.78, 5) is 36.5. The Labute approximate surface area is 175 Å². The number of rotatable bonds is 8. The molecule has 0 spiro atoms. The Balaban J connectivity index is 1.74. The largest absolute Gasteiger partial charge is 0.368 e. The van der Waals surface area contributed by atoms with Crippen LogP contribution >= 0.6 is 0 Å². The molecule has 0 aliphatic heterocycles. The van der Waals surface area contributed by atoms with Gasteiger partial charge in [-0.3, -0.25) is 14.4 Å². The van der Waals surface area contributed by atoms with Gasteiger partial charge in [-0.25, -0.2) is 0 Å². The van der Waals surface area contributed by atoms with Gasteiger partial charge in [-0.1, -0.05) is 72.8 Å².